The molecule has 0 saturated carbocycles. The molecule has 2 fully saturated rings. The van der Waals surface area contributed by atoms with Crippen LogP contribution >= 0.6 is 0 Å². The van der Waals surface area contributed by atoms with Crippen molar-refractivity contribution in [2.75, 3.05) is 32.8 Å². The third-order valence-electron chi connectivity index (χ3n) is 4.12. The van der Waals surface area contributed by atoms with E-state index in [0.717, 1.165) is 25.6 Å². The molecule has 3 unspecified atom stereocenters. The third-order valence-corrected chi connectivity index (χ3v) is 4.12. The predicted molar refractivity (Wildman–Crippen MR) is 66.7 cm³/mol. The molecule has 2 saturated heterocycles. The fourth-order valence-corrected chi connectivity index (χ4v) is 2.82. The minimum Gasteiger partial charge on any atom is -0.374 e. The summed E-state index contributed by atoms with van der Waals surface area (Å²) in [5, 5.41) is 3.43. The van der Waals surface area contributed by atoms with Crippen molar-refractivity contribution in [3.63, 3.8) is 0 Å². The molecule has 0 aromatic rings. The molecule has 3 nitrogen and oxygen atoms in total. The zero-order chi connectivity index (χ0) is 11.4. The van der Waals surface area contributed by atoms with E-state index in [1.165, 1.54) is 32.4 Å². The van der Waals surface area contributed by atoms with Crippen LogP contribution in [0.4, 0.5) is 0 Å². The summed E-state index contributed by atoms with van der Waals surface area (Å²) >= 11 is 0. The average Bonchev–Trinajstić information content (AvgIpc) is 2.54. The maximum absolute atomic E-state index is 5.86. The van der Waals surface area contributed by atoms with Crippen molar-refractivity contribution in [2.24, 2.45) is 5.92 Å². The van der Waals surface area contributed by atoms with Crippen molar-refractivity contribution in [1.29, 1.82) is 0 Å². The first-order valence-corrected chi connectivity index (χ1v) is 6.83. The minimum atomic E-state index is 0.391. The summed E-state index contributed by atoms with van der Waals surface area (Å²) in [5.74, 6) is 0.905. The Kier molecular flexibility index (Phi) is 4.62. The van der Waals surface area contributed by atoms with E-state index < -0.39 is 0 Å². The Bertz CT molecular complexity index is 204. The molecule has 16 heavy (non-hydrogen) atoms. The van der Waals surface area contributed by atoms with Gasteiger partial charge in [-0.15, -0.1) is 0 Å². The van der Waals surface area contributed by atoms with E-state index >= 15 is 0 Å². The van der Waals surface area contributed by atoms with Gasteiger partial charge in [0.2, 0.25) is 0 Å². The normalized spacial score (nSPS) is 35.6. The summed E-state index contributed by atoms with van der Waals surface area (Å²) in [7, 11) is 0. The van der Waals surface area contributed by atoms with Crippen LogP contribution in [-0.2, 0) is 4.74 Å². The molecular formula is C13H26N2O. The minimum absolute atomic E-state index is 0.391. The number of hydrogen-bond donors (Lipinski definition) is 1. The molecule has 0 bridgehead atoms. The maximum atomic E-state index is 5.86. The van der Waals surface area contributed by atoms with Gasteiger partial charge >= 0.3 is 0 Å². The fraction of sp³-hybridized carbons (Fsp3) is 1.00. The van der Waals surface area contributed by atoms with E-state index in [4.69, 9.17) is 4.74 Å². The van der Waals surface area contributed by atoms with Gasteiger partial charge in [-0.05, 0) is 45.2 Å². The Balaban J connectivity index is 1.84. The average molecular weight is 226 g/mol. The van der Waals surface area contributed by atoms with Crippen LogP contribution in [0, 0.1) is 5.92 Å². The van der Waals surface area contributed by atoms with Crippen LogP contribution in [0.5, 0.6) is 0 Å². The smallest absolute Gasteiger partial charge is 0.0852 e. The first kappa shape index (κ1) is 12.3. The van der Waals surface area contributed by atoms with Crippen LogP contribution in [0.2, 0.25) is 0 Å². The Hall–Kier alpha value is -0.120. The maximum Gasteiger partial charge on any atom is 0.0852 e. The highest BCUT2D eigenvalue weighted by Gasteiger charge is 2.27. The molecule has 2 aliphatic rings. The lowest BCUT2D eigenvalue weighted by Gasteiger charge is -2.36. The van der Waals surface area contributed by atoms with Gasteiger partial charge in [0.15, 0.2) is 0 Å². The van der Waals surface area contributed by atoms with Crippen LogP contribution in [-0.4, -0.2) is 49.8 Å². The van der Waals surface area contributed by atoms with Gasteiger partial charge in [0, 0.05) is 19.1 Å². The molecule has 2 heterocycles. The molecule has 0 aromatic carbocycles. The van der Waals surface area contributed by atoms with Gasteiger partial charge in [0.05, 0.1) is 12.7 Å². The third kappa shape index (κ3) is 3.19. The molecule has 94 valence electrons. The Morgan fingerprint density at radius 2 is 2.19 bits per heavy atom. The molecule has 0 radical (unpaired) electrons. The van der Waals surface area contributed by atoms with Crippen LogP contribution in [0.3, 0.4) is 0 Å². The van der Waals surface area contributed by atoms with E-state index in [2.05, 4.69) is 24.1 Å². The monoisotopic (exact) mass is 226 g/mol. The highest BCUT2D eigenvalue weighted by Crippen LogP contribution is 2.20. The van der Waals surface area contributed by atoms with Gasteiger partial charge < -0.3 is 10.1 Å². The zero-order valence-electron chi connectivity index (χ0n) is 10.7. The summed E-state index contributed by atoms with van der Waals surface area (Å²) in [6.07, 6.45) is 4.49. The van der Waals surface area contributed by atoms with Crippen molar-refractivity contribution < 1.29 is 4.74 Å². The summed E-state index contributed by atoms with van der Waals surface area (Å²) in [6, 6.07) is 0.568. The van der Waals surface area contributed by atoms with E-state index in [-0.39, 0.29) is 0 Å². The first-order valence-electron chi connectivity index (χ1n) is 6.83. The molecule has 3 atom stereocenters. The predicted octanol–water partition coefficient (Wildman–Crippen LogP) is 1.49. The molecule has 0 aliphatic carbocycles. The zero-order valence-corrected chi connectivity index (χ0v) is 10.7. The van der Waals surface area contributed by atoms with Gasteiger partial charge in [-0.1, -0.05) is 6.92 Å². The first-order chi connectivity index (χ1) is 7.77. The van der Waals surface area contributed by atoms with Crippen molar-refractivity contribution in [1.82, 2.24) is 10.2 Å². The number of rotatable bonds is 2. The van der Waals surface area contributed by atoms with Crippen LogP contribution < -0.4 is 5.32 Å². The number of ether oxygens (including phenoxy) is 1. The largest absolute Gasteiger partial charge is 0.374 e. The molecule has 0 aromatic heterocycles. The Labute approximate surface area is 99.5 Å². The molecule has 3 heteroatoms. The number of nitrogens with zero attached hydrogens (tertiary/aromatic N) is 1. The number of likely N-dealkylation sites (tertiary alicyclic amines) is 1. The van der Waals surface area contributed by atoms with Gasteiger partial charge in [0.25, 0.3) is 0 Å². The molecule has 2 aliphatic heterocycles. The topological polar surface area (TPSA) is 24.5 Å². The van der Waals surface area contributed by atoms with Gasteiger partial charge in [-0.25, -0.2) is 0 Å². The summed E-state index contributed by atoms with van der Waals surface area (Å²) in [5.41, 5.74) is 0. The van der Waals surface area contributed by atoms with Gasteiger partial charge in [-0.2, -0.15) is 0 Å². The molecule has 0 amide bonds. The Morgan fingerprint density at radius 1 is 1.31 bits per heavy atom. The summed E-state index contributed by atoms with van der Waals surface area (Å²) in [6.45, 7) is 10.1. The molecule has 1 N–H and O–H groups in total. The van der Waals surface area contributed by atoms with Crippen LogP contribution in [0.25, 0.3) is 0 Å². The number of nitrogens with one attached hydrogen (secondary N) is 1. The lowest BCUT2D eigenvalue weighted by molar-refractivity contribution is -0.0255. The second kappa shape index (κ2) is 5.99. The molecule has 2 rings (SSSR count). The van der Waals surface area contributed by atoms with Gasteiger partial charge in [0.1, 0.15) is 0 Å². The summed E-state index contributed by atoms with van der Waals surface area (Å²) < 4.78 is 5.86. The van der Waals surface area contributed by atoms with Crippen molar-refractivity contribution in [2.45, 2.75) is 45.3 Å². The standard InChI is InChI=1S/C13H26N2O/c1-11-4-3-7-15(8-5-11)12(2)13-10-14-6-9-16-13/h11-14H,3-10H2,1-2H3. The second-order valence-corrected chi connectivity index (χ2v) is 5.43. The van der Waals surface area contributed by atoms with Gasteiger partial charge in [-0.3, -0.25) is 4.90 Å². The van der Waals surface area contributed by atoms with Crippen molar-refractivity contribution in [3.8, 4) is 0 Å². The lowest BCUT2D eigenvalue weighted by atomic mass is 10.0. The quantitative estimate of drug-likeness (QED) is 0.772. The highest BCUT2D eigenvalue weighted by molar-refractivity contribution is 4.82. The Morgan fingerprint density at radius 3 is 2.94 bits per heavy atom. The highest BCUT2D eigenvalue weighted by atomic mass is 16.5. The van der Waals surface area contributed by atoms with E-state index in [0.29, 0.717) is 12.1 Å². The van der Waals surface area contributed by atoms with E-state index in [1.54, 1.807) is 0 Å². The number of hydrogen-bond acceptors (Lipinski definition) is 3. The molecular weight excluding hydrogens is 200 g/mol. The van der Waals surface area contributed by atoms with E-state index in [1.807, 2.05) is 0 Å². The van der Waals surface area contributed by atoms with Crippen molar-refractivity contribution >= 4 is 0 Å². The fourth-order valence-electron chi connectivity index (χ4n) is 2.82. The second-order valence-electron chi connectivity index (χ2n) is 5.43. The lowest BCUT2D eigenvalue weighted by Crippen LogP contribution is -2.51. The number of morpholine rings is 1. The van der Waals surface area contributed by atoms with E-state index in [9.17, 15) is 0 Å². The van der Waals surface area contributed by atoms with Crippen LogP contribution in [0.1, 0.15) is 33.1 Å². The molecule has 0 spiro atoms. The SMILES string of the molecule is CC1CCCN(C(C)C2CNCCO2)CC1. The summed E-state index contributed by atoms with van der Waals surface area (Å²) in [4.78, 5) is 2.63. The van der Waals surface area contributed by atoms with Crippen molar-refractivity contribution in [3.05, 3.63) is 0 Å². The van der Waals surface area contributed by atoms with Crippen LogP contribution in [0.15, 0.2) is 0 Å².